The average Bonchev–Trinajstić information content (AvgIpc) is 2.91. The maximum Gasteiger partial charge on any atom is 0.137 e. The van der Waals surface area contributed by atoms with E-state index in [4.69, 9.17) is 4.98 Å². The van der Waals surface area contributed by atoms with E-state index in [1.807, 2.05) is 7.05 Å². The Morgan fingerprint density at radius 3 is 2.65 bits per heavy atom. The van der Waals surface area contributed by atoms with E-state index in [1.165, 1.54) is 5.56 Å². The van der Waals surface area contributed by atoms with Gasteiger partial charge < -0.3 is 10.2 Å². The van der Waals surface area contributed by atoms with Crippen LogP contribution in [-0.4, -0.2) is 24.1 Å². The number of hydrogen-bond acceptors (Lipinski definition) is 5. The largest absolute Gasteiger partial charge is 0.373 e. The molecule has 0 aromatic carbocycles. The molecule has 2 heterocycles. The molecule has 0 radical (unpaired) electrons. The first-order chi connectivity index (χ1) is 9.52. The summed E-state index contributed by atoms with van der Waals surface area (Å²) in [6, 6.07) is 2.15. The molecule has 2 aromatic rings. The lowest BCUT2D eigenvalue weighted by Crippen LogP contribution is -2.20. The van der Waals surface area contributed by atoms with Crippen LogP contribution in [0.4, 0.5) is 11.6 Å². The van der Waals surface area contributed by atoms with Crippen molar-refractivity contribution in [3.8, 4) is 0 Å². The van der Waals surface area contributed by atoms with Crippen LogP contribution < -0.4 is 10.2 Å². The van der Waals surface area contributed by atoms with Gasteiger partial charge >= 0.3 is 0 Å². The predicted octanol–water partition coefficient (Wildman–Crippen LogP) is 3.65. The summed E-state index contributed by atoms with van der Waals surface area (Å²) in [5, 5.41) is 7.45. The van der Waals surface area contributed by atoms with Crippen LogP contribution in [0.1, 0.15) is 36.7 Å². The van der Waals surface area contributed by atoms with Crippen molar-refractivity contribution >= 4 is 23.0 Å². The number of rotatable bonds is 5. The van der Waals surface area contributed by atoms with Gasteiger partial charge in [0.2, 0.25) is 0 Å². The fraction of sp³-hybridized carbons (Fsp3) is 0.467. The molecule has 0 aliphatic heterocycles. The molecule has 20 heavy (non-hydrogen) atoms. The summed E-state index contributed by atoms with van der Waals surface area (Å²) in [5.41, 5.74) is 2.40. The molecule has 0 amide bonds. The Balaban J connectivity index is 2.36. The highest BCUT2D eigenvalue weighted by molar-refractivity contribution is 7.07. The Kier molecular flexibility index (Phi) is 4.60. The first kappa shape index (κ1) is 14.8. The molecule has 2 aromatic heterocycles. The summed E-state index contributed by atoms with van der Waals surface area (Å²) < 4.78 is 0. The van der Waals surface area contributed by atoms with E-state index in [0.29, 0.717) is 5.92 Å². The minimum atomic E-state index is 0.316. The Bertz CT molecular complexity index is 564. The number of thiophene rings is 1. The molecule has 0 spiro atoms. The Labute approximate surface area is 124 Å². The van der Waals surface area contributed by atoms with Crippen molar-refractivity contribution < 1.29 is 0 Å². The second kappa shape index (κ2) is 6.22. The second-order valence-corrected chi connectivity index (χ2v) is 6.05. The Morgan fingerprint density at radius 1 is 1.35 bits per heavy atom. The van der Waals surface area contributed by atoms with Crippen molar-refractivity contribution in [2.45, 2.75) is 33.2 Å². The smallest absolute Gasteiger partial charge is 0.137 e. The summed E-state index contributed by atoms with van der Waals surface area (Å²) in [6.45, 7) is 7.16. The van der Waals surface area contributed by atoms with Crippen molar-refractivity contribution in [1.82, 2.24) is 9.97 Å². The first-order valence-corrected chi connectivity index (χ1v) is 7.75. The van der Waals surface area contributed by atoms with E-state index in [2.05, 4.69) is 59.8 Å². The third kappa shape index (κ3) is 3.10. The number of aromatic nitrogens is 2. The van der Waals surface area contributed by atoms with Gasteiger partial charge in [0.05, 0.1) is 0 Å². The minimum absolute atomic E-state index is 0.316. The fourth-order valence-corrected chi connectivity index (χ4v) is 2.79. The molecule has 0 aliphatic rings. The van der Waals surface area contributed by atoms with E-state index in [0.717, 1.165) is 29.6 Å². The number of nitrogens with zero attached hydrogens (tertiary/aromatic N) is 3. The summed E-state index contributed by atoms with van der Waals surface area (Å²) in [7, 11) is 3.98. The number of hydrogen-bond donors (Lipinski definition) is 1. The molecule has 108 valence electrons. The van der Waals surface area contributed by atoms with Crippen molar-refractivity contribution in [3.05, 3.63) is 33.8 Å². The Hall–Kier alpha value is -1.62. The molecular weight excluding hydrogens is 268 g/mol. The van der Waals surface area contributed by atoms with Crippen LogP contribution in [0.2, 0.25) is 0 Å². The van der Waals surface area contributed by atoms with Gasteiger partial charge in [0.1, 0.15) is 17.5 Å². The lowest BCUT2D eigenvalue weighted by Gasteiger charge is -2.22. The molecule has 0 unspecified atom stereocenters. The van der Waals surface area contributed by atoms with Gasteiger partial charge in [0, 0.05) is 32.1 Å². The zero-order valence-electron chi connectivity index (χ0n) is 12.8. The van der Waals surface area contributed by atoms with Gasteiger partial charge in [-0.1, -0.05) is 13.8 Å². The van der Waals surface area contributed by atoms with Crippen LogP contribution in [0.5, 0.6) is 0 Å². The van der Waals surface area contributed by atoms with Gasteiger partial charge in [-0.05, 0) is 29.3 Å². The van der Waals surface area contributed by atoms with Gasteiger partial charge in [-0.25, -0.2) is 9.97 Å². The van der Waals surface area contributed by atoms with E-state index in [1.54, 1.807) is 11.3 Å². The van der Waals surface area contributed by atoms with E-state index >= 15 is 0 Å². The highest BCUT2D eigenvalue weighted by Gasteiger charge is 2.15. The molecule has 0 fully saturated rings. The van der Waals surface area contributed by atoms with Crippen molar-refractivity contribution in [3.63, 3.8) is 0 Å². The zero-order valence-corrected chi connectivity index (χ0v) is 13.6. The van der Waals surface area contributed by atoms with Crippen LogP contribution in [0.25, 0.3) is 0 Å². The maximum absolute atomic E-state index is 4.74. The average molecular weight is 290 g/mol. The maximum atomic E-state index is 4.74. The van der Waals surface area contributed by atoms with Crippen LogP contribution in [0, 0.1) is 6.92 Å². The van der Waals surface area contributed by atoms with Gasteiger partial charge in [-0.3, -0.25) is 0 Å². The topological polar surface area (TPSA) is 41.1 Å². The first-order valence-electron chi connectivity index (χ1n) is 6.81. The van der Waals surface area contributed by atoms with Crippen LogP contribution in [-0.2, 0) is 6.54 Å². The predicted molar refractivity (Wildman–Crippen MR) is 86.8 cm³/mol. The standard InChI is InChI=1S/C15H22N4S/c1-10(2)13-17-14(16-4)11(3)15(18-13)19(5)8-12-6-7-20-9-12/h6-7,9-10H,8H2,1-5H3,(H,16,17,18). The van der Waals surface area contributed by atoms with Gasteiger partial charge in [0.15, 0.2) is 0 Å². The Morgan fingerprint density at radius 2 is 2.10 bits per heavy atom. The molecule has 4 nitrogen and oxygen atoms in total. The molecule has 0 aliphatic carbocycles. The molecule has 0 atom stereocenters. The number of anilines is 2. The van der Waals surface area contributed by atoms with Gasteiger partial charge in [-0.2, -0.15) is 11.3 Å². The molecule has 2 rings (SSSR count). The molecule has 0 saturated carbocycles. The lowest BCUT2D eigenvalue weighted by atomic mass is 10.2. The zero-order chi connectivity index (χ0) is 14.7. The summed E-state index contributed by atoms with van der Waals surface area (Å²) in [5.74, 6) is 3.11. The van der Waals surface area contributed by atoms with Crippen molar-refractivity contribution in [1.29, 1.82) is 0 Å². The quantitative estimate of drug-likeness (QED) is 0.912. The third-order valence-electron chi connectivity index (χ3n) is 3.25. The molecule has 0 bridgehead atoms. The van der Waals surface area contributed by atoms with E-state index in [-0.39, 0.29) is 0 Å². The van der Waals surface area contributed by atoms with Crippen LogP contribution in [0.15, 0.2) is 16.8 Å². The second-order valence-electron chi connectivity index (χ2n) is 5.27. The van der Waals surface area contributed by atoms with E-state index < -0.39 is 0 Å². The summed E-state index contributed by atoms with van der Waals surface area (Å²) >= 11 is 1.72. The molecule has 0 saturated heterocycles. The fourth-order valence-electron chi connectivity index (χ4n) is 2.13. The van der Waals surface area contributed by atoms with Gasteiger partial charge in [-0.15, -0.1) is 0 Å². The SMILES string of the molecule is CNc1nc(C(C)C)nc(N(C)Cc2ccsc2)c1C. The van der Waals surface area contributed by atoms with Gasteiger partial charge in [0.25, 0.3) is 0 Å². The molecule has 5 heteroatoms. The summed E-state index contributed by atoms with van der Waals surface area (Å²) in [6.07, 6.45) is 0. The lowest BCUT2D eigenvalue weighted by molar-refractivity contribution is 0.760. The van der Waals surface area contributed by atoms with Crippen LogP contribution >= 0.6 is 11.3 Å². The van der Waals surface area contributed by atoms with Crippen molar-refractivity contribution in [2.24, 2.45) is 0 Å². The van der Waals surface area contributed by atoms with Crippen molar-refractivity contribution in [2.75, 3.05) is 24.3 Å². The third-order valence-corrected chi connectivity index (χ3v) is 3.98. The molecular formula is C15H22N4S. The van der Waals surface area contributed by atoms with E-state index in [9.17, 15) is 0 Å². The number of nitrogens with one attached hydrogen (secondary N) is 1. The molecule has 1 N–H and O–H groups in total. The normalized spacial score (nSPS) is 10.9. The summed E-state index contributed by atoms with van der Waals surface area (Å²) in [4.78, 5) is 11.5. The highest BCUT2D eigenvalue weighted by atomic mass is 32.1. The van der Waals surface area contributed by atoms with Crippen LogP contribution in [0.3, 0.4) is 0 Å². The monoisotopic (exact) mass is 290 g/mol. The highest BCUT2D eigenvalue weighted by Crippen LogP contribution is 2.26. The minimum Gasteiger partial charge on any atom is -0.373 e.